The lowest BCUT2D eigenvalue weighted by Crippen LogP contribution is -2.34. The van der Waals surface area contributed by atoms with Crippen molar-refractivity contribution in [2.24, 2.45) is 10.7 Å². The highest BCUT2D eigenvalue weighted by molar-refractivity contribution is 7.09. The van der Waals surface area contributed by atoms with Crippen molar-refractivity contribution < 1.29 is 4.39 Å². The van der Waals surface area contributed by atoms with Crippen LogP contribution in [0.2, 0.25) is 0 Å². The van der Waals surface area contributed by atoms with E-state index in [1.54, 1.807) is 23.5 Å². The number of hydrogen-bond acceptors (Lipinski definition) is 2. The minimum atomic E-state index is -0.185. The van der Waals surface area contributed by atoms with Gasteiger partial charge >= 0.3 is 0 Å². The van der Waals surface area contributed by atoms with Gasteiger partial charge in [-0.25, -0.2) is 4.39 Å². The number of halogens is 1. The summed E-state index contributed by atoms with van der Waals surface area (Å²) in [4.78, 5) is 5.78. The molecule has 3 nitrogen and oxygen atoms in total. The Balaban J connectivity index is 1.52. The minimum Gasteiger partial charge on any atom is -0.370 e. The Bertz CT molecular complexity index is 648. The van der Waals surface area contributed by atoms with Gasteiger partial charge in [-0.05, 0) is 48.4 Å². The first-order chi connectivity index (χ1) is 10.7. The zero-order valence-corrected chi connectivity index (χ0v) is 13.2. The van der Waals surface area contributed by atoms with Gasteiger partial charge in [0.2, 0.25) is 0 Å². The molecule has 0 aliphatic heterocycles. The molecule has 1 heterocycles. The van der Waals surface area contributed by atoms with Gasteiger partial charge in [0.1, 0.15) is 5.82 Å². The van der Waals surface area contributed by atoms with Gasteiger partial charge in [0.05, 0.1) is 6.54 Å². The number of thiophene rings is 1. The lowest BCUT2D eigenvalue weighted by atomic mass is 9.96. The molecular weight excluding hydrogens is 297 g/mol. The molecule has 1 aliphatic rings. The first-order valence-corrected chi connectivity index (χ1v) is 8.38. The fourth-order valence-electron chi connectivity index (χ4n) is 2.57. The van der Waals surface area contributed by atoms with Gasteiger partial charge < -0.3 is 11.1 Å². The number of benzene rings is 1. The number of nitrogens with zero attached hydrogens (tertiary/aromatic N) is 1. The molecule has 0 atom stereocenters. The van der Waals surface area contributed by atoms with E-state index in [9.17, 15) is 4.39 Å². The number of nitrogens with one attached hydrogen (secondary N) is 1. The van der Waals surface area contributed by atoms with E-state index >= 15 is 0 Å². The monoisotopic (exact) mass is 317 g/mol. The number of rotatable bonds is 6. The second-order valence-electron chi connectivity index (χ2n) is 5.75. The van der Waals surface area contributed by atoms with Crippen LogP contribution >= 0.6 is 11.3 Å². The lowest BCUT2D eigenvalue weighted by molar-refractivity contribution is 0.616. The van der Waals surface area contributed by atoms with Crippen LogP contribution < -0.4 is 11.1 Å². The molecule has 1 aliphatic carbocycles. The van der Waals surface area contributed by atoms with Crippen LogP contribution in [-0.4, -0.2) is 19.0 Å². The summed E-state index contributed by atoms with van der Waals surface area (Å²) in [5.74, 6) is 0.286. The van der Waals surface area contributed by atoms with Crippen molar-refractivity contribution in [3.63, 3.8) is 0 Å². The first kappa shape index (κ1) is 15.0. The summed E-state index contributed by atoms with van der Waals surface area (Å²) in [6, 6.07) is 11.0. The molecule has 3 rings (SSSR count). The van der Waals surface area contributed by atoms with Crippen LogP contribution in [0.25, 0.3) is 0 Å². The van der Waals surface area contributed by atoms with Crippen LogP contribution in [0, 0.1) is 5.82 Å². The second kappa shape index (κ2) is 6.48. The van der Waals surface area contributed by atoms with E-state index in [0.29, 0.717) is 12.5 Å². The summed E-state index contributed by atoms with van der Waals surface area (Å²) in [5, 5.41) is 5.22. The maximum atomic E-state index is 13.4. The fraction of sp³-hybridized carbons (Fsp3) is 0.353. The Morgan fingerprint density at radius 1 is 1.32 bits per heavy atom. The average molecular weight is 317 g/mol. The number of hydrogen-bond donors (Lipinski definition) is 2. The van der Waals surface area contributed by atoms with Crippen molar-refractivity contribution in [2.45, 2.75) is 24.7 Å². The summed E-state index contributed by atoms with van der Waals surface area (Å²) in [5.41, 5.74) is 6.94. The minimum absolute atomic E-state index is 0.0118. The maximum absolute atomic E-state index is 13.4. The van der Waals surface area contributed by atoms with Crippen molar-refractivity contribution in [3.8, 4) is 0 Å². The van der Waals surface area contributed by atoms with Crippen molar-refractivity contribution >= 4 is 17.3 Å². The molecule has 0 saturated heterocycles. The molecule has 0 unspecified atom stereocenters. The van der Waals surface area contributed by atoms with Crippen LogP contribution in [0.3, 0.4) is 0 Å². The predicted molar refractivity (Wildman–Crippen MR) is 89.8 cm³/mol. The zero-order chi connectivity index (χ0) is 15.4. The van der Waals surface area contributed by atoms with Gasteiger partial charge in [0, 0.05) is 16.8 Å². The van der Waals surface area contributed by atoms with Crippen molar-refractivity contribution in [1.29, 1.82) is 0 Å². The average Bonchev–Trinajstić information content (AvgIpc) is 3.14. The third-order valence-electron chi connectivity index (χ3n) is 4.10. The van der Waals surface area contributed by atoms with Crippen LogP contribution in [0.1, 0.15) is 23.3 Å². The van der Waals surface area contributed by atoms with E-state index in [0.717, 1.165) is 31.4 Å². The summed E-state index contributed by atoms with van der Waals surface area (Å²) in [6.45, 7) is 1.40. The molecule has 1 fully saturated rings. The Morgan fingerprint density at radius 2 is 2.18 bits per heavy atom. The van der Waals surface area contributed by atoms with E-state index < -0.39 is 0 Å². The van der Waals surface area contributed by atoms with E-state index in [1.165, 1.54) is 10.9 Å². The highest BCUT2D eigenvalue weighted by Crippen LogP contribution is 2.48. The Hall–Kier alpha value is -1.88. The lowest BCUT2D eigenvalue weighted by Gasteiger charge is -2.14. The van der Waals surface area contributed by atoms with Crippen molar-refractivity contribution in [3.05, 3.63) is 58.0 Å². The highest BCUT2D eigenvalue weighted by atomic mass is 32.1. The number of nitrogens with two attached hydrogens (primary N) is 1. The Labute approximate surface area is 134 Å². The normalized spacial score (nSPS) is 16.5. The molecule has 1 saturated carbocycles. The molecule has 0 bridgehead atoms. The van der Waals surface area contributed by atoms with E-state index in [4.69, 9.17) is 5.73 Å². The highest BCUT2D eigenvalue weighted by Gasteiger charge is 2.44. The molecule has 2 aromatic rings. The quantitative estimate of drug-likeness (QED) is 0.635. The summed E-state index contributed by atoms with van der Waals surface area (Å²) in [7, 11) is 0. The van der Waals surface area contributed by atoms with Gasteiger partial charge in [0.25, 0.3) is 0 Å². The van der Waals surface area contributed by atoms with Gasteiger partial charge in [-0.2, -0.15) is 0 Å². The fourth-order valence-corrected chi connectivity index (χ4v) is 3.28. The topological polar surface area (TPSA) is 50.4 Å². The van der Waals surface area contributed by atoms with Crippen LogP contribution in [-0.2, 0) is 11.8 Å². The number of guanidine groups is 1. The molecule has 0 amide bonds. The maximum Gasteiger partial charge on any atom is 0.188 e. The molecule has 3 N–H and O–H groups in total. The molecule has 1 aromatic carbocycles. The smallest absolute Gasteiger partial charge is 0.188 e. The Kier molecular flexibility index (Phi) is 4.43. The van der Waals surface area contributed by atoms with Crippen molar-refractivity contribution in [2.75, 3.05) is 13.1 Å². The molecule has 0 spiro atoms. The van der Waals surface area contributed by atoms with E-state index in [1.807, 2.05) is 12.1 Å². The summed E-state index contributed by atoms with van der Waals surface area (Å²) >= 11 is 1.74. The molecule has 116 valence electrons. The third kappa shape index (κ3) is 3.65. The zero-order valence-electron chi connectivity index (χ0n) is 12.4. The van der Waals surface area contributed by atoms with Crippen LogP contribution in [0.15, 0.2) is 46.8 Å². The van der Waals surface area contributed by atoms with Gasteiger partial charge in [-0.1, -0.05) is 18.2 Å². The van der Waals surface area contributed by atoms with Gasteiger partial charge in [-0.3, -0.25) is 4.99 Å². The number of aliphatic imine (C=N–C) groups is 1. The van der Waals surface area contributed by atoms with Gasteiger partial charge in [0.15, 0.2) is 5.96 Å². The summed E-state index contributed by atoms with van der Waals surface area (Å²) < 4.78 is 13.4. The molecular formula is C17H20FN3S. The molecule has 5 heteroatoms. The molecule has 0 radical (unpaired) electrons. The van der Waals surface area contributed by atoms with E-state index in [-0.39, 0.29) is 11.2 Å². The molecule has 22 heavy (non-hydrogen) atoms. The van der Waals surface area contributed by atoms with E-state index in [2.05, 4.69) is 21.8 Å². The van der Waals surface area contributed by atoms with Crippen LogP contribution in [0.4, 0.5) is 4.39 Å². The van der Waals surface area contributed by atoms with Crippen molar-refractivity contribution in [1.82, 2.24) is 5.32 Å². The predicted octanol–water partition coefficient (Wildman–Crippen LogP) is 3.07. The first-order valence-electron chi connectivity index (χ1n) is 7.50. The van der Waals surface area contributed by atoms with Gasteiger partial charge in [-0.15, -0.1) is 11.3 Å². The molecule has 1 aromatic heterocycles. The SMILES string of the molecule is NC(=NCC1(c2cccc(F)c2)CC1)NCCc1cccs1. The van der Waals surface area contributed by atoms with Crippen LogP contribution in [0.5, 0.6) is 0 Å². The standard InChI is InChI=1S/C17H20FN3S/c18-14-4-1-3-13(11-14)17(7-8-17)12-21-16(19)20-9-6-15-5-2-10-22-15/h1-5,10-11H,6-9,12H2,(H3,19,20,21). The summed E-state index contributed by atoms with van der Waals surface area (Å²) in [6.07, 6.45) is 3.04. The Morgan fingerprint density at radius 3 is 2.86 bits per heavy atom. The second-order valence-corrected chi connectivity index (χ2v) is 6.78. The third-order valence-corrected chi connectivity index (χ3v) is 5.04. The largest absolute Gasteiger partial charge is 0.370 e.